The Kier molecular flexibility index (Phi) is 4.38. The summed E-state index contributed by atoms with van der Waals surface area (Å²) >= 11 is 0. The first-order chi connectivity index (χ1) is 8.62. The zero-order chi connectivity index (χ0) is 14.8. The van der Waals surface area contributed by atoms with Crippen LogP contribution < -0.4 is 11.5 Å². The van der Waals surface area contributed by atoms with E-state index in [0.717, 1.165) is 12.1 Å². The Morgan fingerprint density at radius 3 is 2.37 bits per heavy atom. The van der Waals surface area contributed by atoms with E-state index in [1.54, 1.807) is 0 Å². The molecule has 0 radical (unpaired) electrons. The molecule has 6 N–H and O–H groups in total. The normalized spacial score (nSPS) is 15.0. The van der Waals surface area contributed by atoms with Crippen molar-refractivity contribution in [3.63, 3.8) is 0 Å². The van der Waals surface area contributed by atoms with Gasteiger partial charge >= 0.3 is 6.18 Å². The minimum Gasteiger partial charge on any atom is -0.399 e. The quantitative estimate of drug-likeness (QED) is 0.603. The van der Waals surface area contributed by atoms with Crippen LogP contribution in [0.3, 0.4) is 0 Å². The molecule has 1 aromatic rings. The summed E-state index contributed by atoms with van der Waals surface area (Å²) in [6, 6.07) is 2.63. The van der Waals surface area contributed by atoms with Gasteiger partial charge in [0, 0.05) is 5.69 Å². The smallest absolute Gasteiger partial charge is 0.399 e. The van der Waals surface area contributed by atoms with Gasteiger partial charge in [-0.05, 0) is 23.8 Å². The Morgan fingerprint density at radius 1 is 1.32 bits per heavy atom. The first-order valence-electron chi connectivity index (χ1n) is 5.24. The van der Waals surface area contributed by atoms with Gasteiger partial charge in [-0.15, -0.1) is 0 Å². The van der Waals surface area contributed by atoms with Crippen LogP contribution in [0.1, 0.15) is 23.7 Å². The highest BCUT2D eigenvalue weighted by Crippen LogP contribution is 2.36. The fourth-order valence-corrected chi connectivity index (χ4v) is 1.61. The number of alkyl halides is 3. The molecule has 0 aliphatic heterocycles. The van der Waals surface area contributed by atoms with Crippen LogP contribution >= 0.6 is 0 Å². The molecule has 5 nitrogen and oxygen atoms in total. The zero-order valence-electron chi connectivity index (χ0n) is 9.69. The molecule has 0 saturated carbocycles. The number of aliphatic hydroxyl groups is 2. The molecular formula is C11H13F3N2O3. The average Bonchev–Trinajstić information content (AvgIpc) is 2.25. The zero-order valence-corrected chi connectivity index (χ0v) is 9.69. The third-order valence-corrected chi connectivity index (χ3v) is 2.47. The standard InChI is InChI=1S/C11H13F3N2O3/c12-11(13,14)7-2-1-5(15)3-6(7)10(19)8(17)4-9(16)18/h1-3,8,10,17,19H,4,15H2,(H2,16,18). The number of carbonyl (C=O) groups is 1. The van der Waals surface area contributed by atoms with Crippen molar-refractivity contribution in [3.8, 4) is 0 Å². The van der Waals surface area contributed by atoms with Crippen molar-refractivity contribution in [1.29, 1.82) is 0 Å². The van der Waals surface area contributed by atoms with E-state index in [2.05, 4.69) is 0 Å². The van der Waals surface area contributed by atoms with E-state index in [1.807, 2.05) is 0 Å². The molecule has 1 aromatic carbocycles. The number of halogens is 3. The molecule has 1 amide bonds. The third-order valence-electron chi connectivity index (χ3n) is 2.47. The summed E-state index contributed by atoms with van der Waals surface area (Å²) in [5.41, 5.74) is 8.43. The molecule has 0 saturated heterocycles. The number of anilines is 1. The number of nitrogen functional groups attached to an aromatic ring is 1. The molecule has 0 aliphatic carbocycles. The molecule has 8 heteroatoms. The lowest BCUT2D eigenvalue weighted by atomic mass is 9.96. The van der Waals surface area contributed by atoms with Gasteiger partial charge in [0.15, 0.2) is 0 Å². The Morgan fingerprint density at radius 2 is 1.89 bits per heavy atom. The van der Waals surface area contributed by atoms with Crippen molar-refractivity contribution in [1.82, 2.24) is 0 Å². The number of aliphatic hydroxyl groups excluding tert-OH is 2. The summed E-state index contributed by atoms with van der Waals surface area (Å²) in [5, 5.41) is 19.2. The molecule has 2 unspecified atom stereocenters. The minimum atomic E-state index is -4.71. The Hall–Kier alpha value is -1.80. The largest absolute Gasteiger partial charge is 0.416 e. The van der Waals surface area contributed by atoms with E-state index < -0.39 is 41.8 Å². The summed E-state index contributed by atoms with van der Waals surface area (Å²) in [5.74, 6) is -0.941. The molecule has 1 rings (SSSR count). The third kappa shape index (κ3) is 3.83. The van der Waals surface area contributed by atoms with Crippen LogP contribution in [0.25, 0.3) is 0 Å². The number of amides is 1. The Bertz CT molecular complexity index is 477. The molecule has 0 spiro atoms. The van der Waals surface area contributed by atoms with Gasteiger partial charge < -0.3 is 21.7 Å². The fourth-order valence-electron chi connectivity index (χ4n) is 1.61. The van der Waals surface area contributed by atoms with Gasteiger partial charge in [0.2, 0.25) is 5.91 Å². The van der Waals surface area contributed by atoms with Gasteiger partial charge in [-0.25, -0.2) is 0 Å². The first kappa shape index (κ1) is 15.3. The van der Waals surface area contributed by atoms with Crippen LogP contribution in [0.5, 0.6) is 0 Å². The maximum Gasteiger partial charge on any atom is 0.416 e. The molecular weight excluding hydrogens is 265 g/mol. The molecule has 106 valence electrons. The average molecular weight is 278 g/mol. The fraction of sp³-hybridized carbons (Fsp3) is 0.364. The Labute approximate surface area is 106 Å². The van der Waals surface area contributed by atoms with E-state index in [0.29, 0.717) is 6.07 Å². The number of hydrogen-bond donors (Lipinski definition) is 4. The van der Waals surface area contributed by atoms with Gasteiger partial charge in [-0.1, -0.05) is 0 Å². The van der Waals surface area contributed by atoms with E-state index in [9.17, 15) is 28.2 Å². The van der Waals surface area contributed by atoms with Crippen molar-refractivity contribution < 1.29 is 28.2 Å². The molecule has 2 atom stereocenters. The van der Waals surface area contributed by atoms with Crippen molar-refractivity contribution in [2.75, 3.05) is 5.73 Å². The number of hydrogen-bond acceptors (Lipinski definition) is 4. The predicted octanol–water partition coefficient (Wildman–Crippen LogP) is 0.557. The second-order valence-corrected chi connectivity index (χ2v) is 4.03. The summed E-state index contributed by atoms with van der Waals surface area (Å²) in [6.45, 7) is 0. The van der Waals surface area contributed by atoms with Gasteiger partial charge in [0.1, 0.15) is 6.10 Å². The van der Waals surface area contributed by atoms with Gasteiger partial charge in [0.05, 0.1) is 18.1 Å². The lowest BCUT2D eigenvalue weighted by Gasteiger charge is -2.21. The van der Waals surface area contributed by atoms with Crippen LogP contribution in [-0.4, -0.2) is 22.2 Å². The molecule has 0 heterocycles. The number of primary amides is 1. The van der Waals surface area contributed by atoms with Crippen molar-refractivity contribution in [2.45, 2.75) is 24.8 Å². The molecule has 0 bridgehead atoms. The van der Waals surface area contributed by atoms with Crippen LogP contribution in [0, 0.1) is 0 Å². The van der Waals surface area contributed by atoms with Crippen LogP contribution in [-0.2, 0) is 11.0 Å². The van der Waals surface area contributed by atoms with Crippen molar-refractivity contribution >= 4 is 11.6 Å². The van der Waals surface area contributed by atoms with E-state index in [1.165, 1.54) is 0 Å². The number of nitrogens with two attached hydrogens (primary N) is 2. The van der Waals surface area contributed by atoms with E-state index in [-0.39, 0.29) is 5.69 Å². The number of benzene rings is 1. The lowest BCUT2D eigenvalue weighted by Crippen LogP contribution is -2.27. The van der Waals surface area contributed by atoms with Crippen LogP contribution in [0.4, 0.5) is 18.9 Å². The maximum atomic E-state index is 12.7. The maximum absolute atomic E-state index is 12.7. The van der Waals surface area contributed by atoms with E-state index in [4.69, 9.17) is 11.5 Å². The molecule has 19 heavy (non-hydrogen) atoms. The second-order valence-electron chi connectivity index (χ2n) is 4.03. The highest BCUT2D eigenvalue weighted by molar-refractivity contribution is 5.74. The monoisotopic (exact) mass is 278 g/mol. The lowest BCUT2D eigenvalue weighted by molar-refractivity contribution is -0.140. The topological polar surface area (TPSA) is 110 Å². The highest BCUT2D eigenvalue weighted by atomic mass is 19.4. The van der Waals surface area contributed by atoms with Crippen molar-refractivity contribution in [2.24, 2.45) is 5.73 Å². The van der Waals surface area contributed by atoms with Gasteiger partial charge in [-0.2, -0.15) is 13.2 Å². The molecule has 0 aliphatic rings. The second kappa shape index (κ2) is 5.45. The Balaban J connectivity index is 3.17. The number of rotatable bonds is 4. The first-order valence-corrected chi connectivity index (χ1v) is 5.24. The van der Waals surface area contributed by atoms with Gasteiger partial charge in [-0.3, -0.25) is 4.79 Å². The SMILES string of the molecule is NC(=O)CC(O)C(O)c1cc(N)ccc1C(F)(F)F. The van der Waals surface area contributed by atoms with Crippen molar-refractivity contribution in [3.05, 3.63) is 29.3 Å². The summed E-state index contributed by atoms with van der Waals surface area (Å²) in [6.07, 6.45) is -9.02. The summed E-state index contributed by atoms with van der Waals surface area (Å²) in [4.78, 5) is 10.6. The highest BCUT2D eigenvalue weighted by Gasteiger charge is 2.36. The molecule has 0 aromatic heterocycles. The minimum absolute atomic E-state index is 0.00618. The van der Waals surface area contributed by atoms with Crippen LogP contribution in [0.2, 0.25) is 0 Å². The van der Waals surface area contributed by atoms with E-state index >= 15 is 0 Å². The van der Waals surface area contributed by atoms with Crippen LogP contribution in [0.15, 0.2) is 18.2 Å². The predicted molar refractivity (Wildman–Crippen MR) is 60.6 cm³/mol. The van der Waals surface area contributed by atoms with Gasteiger partial charge in [0.25, 0.3) is 0 Å². The molecule has 0 fully saturated rings. The summed E-state index contributed by atoms with van der Waals surface area (Å²) < 4.78 is 38.2. The summed E-state index contributed by atoms with van der Waals surface area (Å²) in [7, 11) is 0. The number of carbonyl (C=O) groups excluding carboxylic acids is 1.